The summed E-state index contributed by atoms with van der Waals surface area (Å²) < 4.78 is 6.16. The molecule has 1 unspecified atom stereocenters. The molecule has 0 saturated carbocycles. The topological polar surface area (TPSA) is 33.4 Å². The maximum Gasteiger partial charge on any atom is 0.153 e. The number of aryl methyl sites for hydroxylation is 2. The average molecular weight is 295 g/mol. The van der Waals surface area contributed by atoms with Crippen LogP contribution in [0.15, 0.2) is 39.4 Å². The van der Waals surface area contributed by atoms with E-state index < -0.39 is 5.60 Å². The third-order valence-corrected chi connectivity index (χ3v) is 3.60. The zero-order valence-corrected chi connectivity index (χ0v) is 11.7. The molecule has 17 heavy (non-hydrogen) atoms. The standard InChI is InChI=1S/C14H15BrO2/c1-9-4-5-10(2)11(8-9)14(3,16)13-12(15)6-7-17-13/h4-8,16H,1-3H3. The third kappa shape index (κ3) is 2.17. The summed E-state index contributed by atoms with van der Waals surface area (Å²) in [5.74, 6) is 0.534. The fraction of sp³-hybridized carbons (Fsp3) is 0.286. The van der Waals surface area contributed by atoms with Gasteiger partial charge in [-0.05, 0) is 53.9 Å². The van der Waals surface area contributed by atoms with Crippen LogP contribution in [0.1, 0.15) is 29.4 Å². The zero-order valence-electron chi connectivity index (χ0n) is 10.1. The minimum absolute atomic E-state index is 0.534. The lowest BCUT2D eigenvalue weighted by Crippen LogP contribution is -2.24. The SMILES string of the molecule is Cc1ccc(C)c(C(C)(O)c2occc2Br)c1. The Labute approximate surface area is 109 Å². The van der Waals surface area contributed by atoms with Crippen molar-refractivity contribution in [3.8, 4) is 0 Å². The van der Waals surface area contributed by atoms with Gasteiger partial charge in [0.15, 0.2) is 5.76 Å². The molecule has 1 N–H and O–H groups in total. The number of hydrogen-bond donors (Lipinski definition) is 1. The van der Waals surface area contributed by atoms with Gasteiger partial charge in [0.25, 0.3) is 0 Å². The second-order valence-electron chi connectivity index (χ2n) is 4.49. The first-order chi connectivity index (χ1) is 7.93. The predicted octanol–water partition coefficient (Wildman–Crippen LogP) is 3.91. The summed E-state index contributed by atoms with van der Waals surface area (Å²) in [4.78, 5) is 0. The lowest BCUT2D eigenvalue weighted by atomic mass is 9.89. The molecule has 90 valence electrons. The molecule has 2 rings (SSSR count). The Hall–Kier alpha value is -1.06. The molecule has 0 aliphatic rings. The Balaban J connectivity index is 2.59. The normalized spacial score (nSPS) is 14.6. The molecule has 0 aliphatic heterocycles. The van der Waals surface area contributed by atoms with Crippen LogP contribution in [0.5, 0.6) is 0 Å². The van der Waals surface area contributed by atoms with Crippen molar-refractivity contribution in [2.24, 2.45) is 0 Å². The number of rotatable bonds is 2. The molecule has 0 fully saturated rings. The fourth-order valence-electron chi connectivity index (χ4n) is 2.02. The van der Waals surface area contributed by atoms with Crippen LogP contribution in [0.2, 0.25) is 0 Å². The van der Waals surface area contributed by atoms with Crippen molar-refractivity contribution in [2.45, 2.75) is 26.4 Å². The molecule has 0 radical (unpaired) electrons. The number of hydrogen-bond acceptors (Lipinski definition) is 2. The summed E-state index contributed by atoms with van der Waals surface area (Å²) in [6.45, 7) is 5.74. The first-order valence-corrected chi connectivity index (χ1v) is 6.26. The van der Waals surface area contributed by atoms with E-state index in [2.05, 4.69) is 15.9 Å². The summed E-state index contributed by atoms with van der Waals surface area (Å²) in [7, 11) is 0. The van der Waals surface area contributed by atoms with Crippen molar-refractivity contribution in [2.75, 3.05) is 0 Å². The number of furan rings is 1. The van der Waals surface area contributed by atoms with Crippen molar-refractivity contribution < 1.29 is 9.52 Å². The fourth-order valence-corrected chi connectivity index (χ4v) is 2.61. The Morgan fingerprint density at radius 1 is 1.24 bits per heavy atom. The van der Waals surface area contributed by atoms with Gasteiger partial charge >= 0.3 is 0 Å². The third-order valence-electron chi connectivity index (χ3n) is 2.98. The van der Waals surface area contributed by atoms with Crippen molar-refractivity contribution >= 4 is 15.9 Å². The van der Waals surface area contributed by atoms with Crippen LogP contribution in [0.25, 0.3) is 0 Å². The van der Waals surface area contributed by atoms with E-state index in [1.54, 1.807) is 19.3 Å². The number of aliphatic hydroxyl groups is 1. The minimum atomic E-state index is -1.13. The lowest BCUT2D eigenvalue weighted by molar-refractivity contribution is 0.0751. The first kappa shape index (κ1) is 12.4. The summed E-state index contributed by atoms with van der Waals surface area (Å²) in [6.07, 6.45) is 1.57. The quantitative estimate of drug-likeness (QED) is 0.911. The highest BCUT2D eigenvalue weighted by atomic mass is 79.9. The van der Waals surface area contributed by atoms with Gasteiger partial charge in [0.1, 0.15) is 5.60 Å². The second-order valence-corrected chi connectivity index (χ2v) is 5.34. The van der Waals surface area contributed by atoms with Crippen molar-refractivity contribution in [3.05, 3.63) is 57.5 Å². The highest BCUT2D eigenvalue weighted by Crippen LogP contribution is 2.36. The van der Waals surface area contributed by atoms with Gasteiger partial charge in [0.05, 0.1) is 10.7 Å². The van der Waals surface area contributed by atoms with E-state index in [0.29, 0.717) is 5.76 Å². The molecule has 1 aromatic heterocycles. The Bertz CT molecular complexity index is 541. The molecule has 3 heteroatoms. The van der Waals surface area contributed by atoms with Crippen molar-refractivity contribution in [1.82, 2.24) is 0 Å². The highest BCUT2D eigenvalue weighted by molar-refractivity contribution is 9.10. The summed E-state index contributed by atoms with van der Waals surface area (Å²) in [6, 6.07) is 7.82. The number of halogens is 1. The van der Waals surface area contributed by atoms with Gasteiger partial charge in [0.2, 0.25) is 0 Å². The van der Waals surface area contributed by atoms with E-state index in [9.17, 15) is 5.11 Å². The highest BCUT2D eigenvalue weighted by Gasteiger charge is 2.32. The van der Waals surface area contributed by atoms with Crippen LogP contribution in [0.3, 0.4) is 0 Å². The Morgan fingerprint density at radius 3 is 2.53 bits per heavy atom. The largest absolute Gasteiger partial charge is 0.465 e. The van der Waals surface area contributed by atoms with Crippen LogP contribution >= 0.6 is 15.9 Å². The molecule has 0 spiro atoms. The first-order valence-electron chi connectivity index (χ1n) is 5.46. The summed E-state index contributed by atoms with van der Waals surface area (Å²) in [5.41, 5.74) is 1.91. The van der Waals surface area contributed by atoms with Crippen LogP contribution in [-0.4, -0.2) is 5.11 Å². The molecule has 2 aromatic rings. The molecule has 0 bridgehead atoms. The molecule has 1 heterocycles. The minimum Gasteiger partial charge on any atom is -0.465 e. The van der Waals surface area contributed by atoms with Gasteiger partial charge in [-0.15, -0.1) is 0 Å². The Kier molecular flexibility index (Phi) is 3.15. The monoisotopic (exact) mass is 294 g/mol. The molecule has 2 nitrogen and oxygen atoms in total. The van der Waals surface area contributed by atoms with E-state index >= 15 is 0 Å². The van der Waals surface area contributed by atoms with Gasteiger partial charge < -0.3 is 9.52 Å². The lowest BCUT2D eigenvalue weighted by Gasteiger charge is -2.24. The van der Waals surface area contributed by atoms with Gasteiger partial charge in [0, 0.05) is 0 Å². The average Bonchev–Trinajstić information content (AvgIpc) is 2.68. The van der Waals surface area contributed by atoms with Gasteiger partial charge in [-0.25, -0.2) is 0 Å². The van der Waals surface area contributed by atoms with E-state index in [-0.39, 0.29) is 0 Å². The molecule has 1 atom stereocenters. The maximum absolute atomic E-state index is 10.7. The molecule has 0 saturated heterocycles. The molecule has 0 aliphatic carbocycles. The second kappa shape index (κ2) is 4.31. The Morgan fingerprint density at radius 2 is 1.94 bits per heavy atom. The number of benzene rings is 1. The maximum atomic E-state index is 10.7. The van der Waals surface area contributed by atoms with Crippen LogP contribution in [0.4, 0.5) is 0 Å². The van der Waals surface area contributed by atoms with Gasteiger partial charge in [-0.1, -0.05) is 23.8 Å². The summed E-state index contributed by atoms with van der Waals surface area (Å²) >= 11 is 3.39. The van der Waals surface area contributed by atoms with E-state index in [4.69, 9.17) is 4.42 Å². The van der Waals surface area contributed by atoms with Gasteiger partial charge in [-0.3, -0.25) is 0 Å². The predicted molar refractivity (Wildman–Crippen MR) is 71.0 cm³/mol. The van der Waals surface area contributed by atoms with Gasteiger partial charge in [-0.2, -0.15) is 0 Å². The van der Waals surface area contributed by atoms with Crippen molar-refractivity contribution in [3.63, 3.8) is 0 Å². The van der Waals surface area contributed by atoms with Crippen LogP contribution < -0.4 is 0 Å². The van der Waals surface area contributed by atoms with Crippen molar-refractivity contribution in [1.29, 1.82) is 0 Å². The van der Waals surface area contributed by atoms with Crippen LogP contribution in [-0.2, 0) is 5.60 Å². The summed E-state index contributed by atoms with van der Waals surface area (Å²) in [5, 5.41) is 10.7. The van der Waals surface area contributed by atoms with E-state index in [0.717, 1.165) is 21.2 Å². The van der Waals surface area contributed by atoms with E-state index in [1.165, 1.54) is 0 Å². The van der Waals surface area contributed by atoms with E-state index in [1.807, 2.05) is 32.0 Å². The molecule has 0 amide bonds. The molecule has 1 aromatic carbocycles. The zero-order chi connectivity index (χ0) is 12.6. The molecular formula is C14H15BrO2. The smallest absolute Gasteiger partial charge is 0.153 e. The van der Waals surface area contributed by atoms with Crippen LogP contribution in [0, 0.1) is 13.8 Å². The molecular weight excluding hydrogens is 280 g/mol.